The number of hydrogen-bond acceptors (Lipinski definition) is 2. The molecule has 1 atom stereocenters. The molecule has 0 fully saturated rings. The summed E-state index contributed by atoms with van der Waals surface area (Å²) in [6.45, 7) is 3.09. The molecule has 1 radical (unpaired) electrons. The van der Waals surface area contributed by atoms with Crippen LogP contribution in [-0.2, 0) is 16.0 Å². The van der Waals surface area contributed by atoms with Crippen LogP contribution in [0.2, 0.25) is 0 Å². The summed E-state index contributed by atoms with van der Waals surface area (Å²) >= 11 is 0. The summed E-state index contributed by atoms with van der Waals surface area (Å²) in [6.07, 6.45) is 0.261. The predicted octanol–water partition coefficient (Wildman–Crippen LogP) is 0.633. The number of benzene rings is 1. The maximum absolute atomic E-state index is 10.8. The third-order valence-corrected chi connectivity index (χ3v) is 1.92. The van der Waals surface area contributed by atoms with Crippen LogP contribution < -0.4 is 5.32 Å². The molecule has 0 aromatic heterocycles. The summed E-state index contributed by atoms with van der Waals surface area (Å²) < 4.78 is 0. The van der Waals surface area contributed by atoms with E-state index < -0.39 is 17.9 Å². The molecule has 0 spiro atoms. The van der Waals surface area contributed by atoms with Gasteiger partial charge in [-0.15, -0.1) is 0 Å². The number of nitrogens with one attached hydrogen (secondary N) is 1. The number of carboxylic acid groups (broad SMARTS) is 1. The second-order valence-corrected chi connectivity index (χ2v) is 3.15. The largest absolute Gasteiger partial charge is 0.480 e. The summed E-state index contributed by atoms with van der Waals surface area (Å²) in [4.78, 5) is 21.5. The van der Waals surface area contributed by atoms with Gasteiger partial charge in [-0.3, -0.25) is 4.79 Å². The maximum Gasteiger partial charge on any atom is 0.326 e. The van der Waals surface area contributed by atoms with Gasteiger partial charge in [-0.2, -0.15) is 0 Å². The third kappa shape index (κ3) is 3.81. The lowest BCUT2D eigenvalue weighted by molar-refractivity contribution is -0.141. The highest BCUT2D eigenvalue weighted by atomic mass is 16.4. The van der Waals surface area contributed by atoms with Gasteiger partial charge in [-0.05, 0) is 5.56 Å². The van der Waals surface area contributed by atoms with Gasteiger partial charge in [0.15, 0.2) is 0 Å². The standard InChI is InChI=1S/C11H12NO3/c1-8(13)12-10(11(14)15)7-9-5-3-2-4-6-9/h2-6,10H,1,7H2,(H,12,13)(H,14,15). The van der Waals surface area contributed by atoms with Crippen molar-refractivity contribution < 1.29 is 14.7 Å². The van der Waals surface area contributed by atoms with E-state index in [2.05, 4.69) is 12.2 Å². The Labute approximate surface area is 87.9 Å². The molecule has 1 aromatic carbocycles. The Morgan fingerprint density at radius 2 is 1.93 bits per heavy atom. The quantitative estimate of drug-likeness (QED) is 0.759. The molecule has 0 aliphatic rings. The monoisotopic (exact) mass is 206 g/mol. The van der Waals surface area contributed by atoms with Crippen molar-refractivity contribution in [3.05, 3.63) is 42.8 Å². The maximum atomic E-state index is 10.8. The summed E-state index contributed by atoms with van der Waals surface area (Å²) in [5, 5.41) is 11.1. The number of carbonyl (C=O) groups is 2. The van der Waals surface area contributed by atoms with E-state index in [-0.39, 0.29) is 6.42 Å². The van der Waals surface area contributed by atoms with Gasteiger partial charge >= 0.3 is 5.97 Å². The number of amides is 1. The van der Waals surface area contributed by atoms with Crippen LogP contribution in [0.5, 0.6) is 0 Å². The lowest BCUT2D eigenvalue weighted by atomic mass is 10.1. The molecule has 4 nitrogen and oxygen atoms in total. The summed E-state index contributed by atoms with van der Waals surface area (Å²) in [7, 11) is 0. The molecule has 2 N–H and O–H groups in total. The number of aliphatic carboxylic acids is 1. The van der Waals surface area contributed by atoms with E-state index in [9.17, 15) is 9.59 Å². The molecule has 15 heavy (non-hydrogen) atoms. The summed E-state index contributed by atoms with van der Waals surface area (Å²) in [5.41, 5.74) is 0.860. The van der Waals surface area contributed by atoms with E-state index in [0.29, 0.717) is 0 Å². The van der Waals surface area contributed by atoms with Crippen molar-refractivity contribution in [2.75, 3.05) is 0 Å². The van der Waals surface area contributed by atoms with Crippen molar-refractivity contribution in [1.82, 2.24) is 5.32 Å². The van der Waals surface area contributed by atoms with E-state index in [0.717, 1.165) is 5.56 Å². The van der Waals surface area contributed by atoms with Gasteiger partial charge in [-0.1, -0.05) is 30.3 Å². The van der Waals surface area contributed by atoms with Crippen LogP contribution in [0, 0.1) is 6.92 Å². The van der Waals surface area contributed by atoms with Crippen LogP contribution >= 0.6 is 0 Å². The first-order chi connectivity index (χ1) is 7.09. The van der Waals surface area contributed by atoms with Crippen molar-refractivity contribution in [3.63, 3.8) is 0 Å². The minimum absolute atomic E-state index is 0.261. The molecule has 79 valence electrons. The van der Waals surface area contributed by atoms with Gasteiger partial charge < -0.3 is 10.4 Å². The van der Waals surface area contributed by atoms with Crippen molar-refractivity contribution >= 4 is 11.9 Å². The molecule has 4 heteroatoms. The molecule has 0 bridgehead atoms. The van der Waals surface area contributed by atoms with Gasteiger partial charge in [0, 0.05) is 13.3 Å². The third-order valence-electron chi connectivity index (χ3n) is 1.92. The van der Waals surface area contributed by atoms with E-state index in [1.165, 1.54) is 0 Å². The van der Waals surface area contributed by atoms with Gasteiger partial charge in [0.05, 0.1) is 0 Å². The molecule has 0 saturated heterocycles. The van der Waals surface area contributed by atoms with Crippen molar-refractivity contribution in [1.29, 1.82) is 0 Å². The Kier molecular flexibility index (Phi) is 3.85. The van der Waals surface area contributed by atoms with Crippen molar-refractivity contribution in [2.24, 2.45) is 0 Å². The van der Waals surface area contributed by atoms with Crippen molar-refractivity contribution in [3.8, 4) is 0 Å². The van der Waals surface area contributed by atoms with Crippen LogP contribution in [0.1, 0.15) is 5.56 Å². The van der Waals surface area contributed by atoms with Crippen LogP contribution in [0.15, 0.2) is 30.3 Å². The minimum atomic E-state index is -1.06. The van der Waals surface area contributed by atoms with Gasteiger partial charge in [0.1, 0.15) is 6.04 Å². The number of carboxylic acids is 1. The highest BCUT2D eigenvalue weighted by Crippen LogP contribution is 2.03. The van der Waals surface area contributed by atoms with Gasteiger partial charge in [0.25, 0.3) is 0 Å². The Balaban J connectivity index is 2.67. The smallest absolute Gasteiger partial charge is 0.326 e. The highest BCUT2D eigenvalue weighted by Gasteiger charge is 2.18. The normalized spacial score (nSPS) is 11.8. The average molecular weight is 206 g/mol. The van der Waals surface area contributed by atoms with E-state index >= 15 is 0 Å². The molecule has 0 heterocycles. The molecule has 1 unspecified atom stereocenters. The fraction of sp³-hybridized carbons (Fsp3) is 0.182. The molecule has 0 aliphatic heterocycles. The second kappa shape index (κ2) is 5.14. The molecule has 1 amide bonds. The predicted molar refractivity (Wildman–Crippen MR) is 55.1 cm³/mol. The van der Waals surface area contributed by atoms with Gasteiger partial charge in [0.2, 0.25) is 5.91 Å². The Bertz CT molecular complexity index is 348. The van der Waals surface area contributed by atoms with E-state index in [1.807, 2.05) is 30.3 Å². The highest BCUT2D eigenvalue weighted by molar-refractivity contribution is 5.86. The Hall–Kier alpha value is -1.84. The van der Waals surface area contributed by atoms with Crippen molar-refractivity contribution in [2.45, 2.75) is 12.5 Å². The lowest BCUT2D eigenvalue weighted by Crippen LogP contribution is -2.41. The first-order valence-electron chi connectivity index (χ1n) is 4.49. The first kappa shape index (κ1) is 11.2. The average Bonchev–Trinajstić information content (AvgIpc) is 2.17. The molecule has 0 aliphatic carbocycles. The zero-order valence-electron chi connectivity index (χ0n) is 8.14. The summed E-state index contributed by atoms with van der Waals surface area (Å²) in [6, 6.07) is 8.19. The Morgan fingerprint density at radius 1 is 1.33 bits per heavy atom. The van der Waals surface area contributed by atoms with Crippen LogP contribution in [0.25, 0.3) is 0 Å². The lowest BCUT2D eigenvalue weighted by Gasteiger charge is -2.12. The number of carbonyl (C=O) groups excluding carboxylic acids is 1. The number of hydrogen-bond donors (Lipinski definition) is 2. The molecule has 1 rings (SSSR count). The van der Waals surface area contributed by atoms with Crippen LogP contribution in [0.3, 0.4) is 0 Å². The fourth-order valence-electron chi connectivity index (χ4n) is 1.24. The fourth-order valence-corrected chi connectivity index (χ4v) is 1.24. The SMILES string of the molecule is [CH2]C(=O)NC(Cc1ccccc1)C(=O)O. The van der Waals surface area contributed by atoms with E-state index in [1.54, 1.807) is 0 Å². The first-order valence-corrected chi connectivity index (χ1v) is 4.49. The summed E-state index contributed by atoms with van der Waals surface area (Å²) in [5.74, 6) is -1.64. The molecule has 1 aromatic rings. The van der Waals surface area contributed by atoms with Crippen LogP contribution in [-0.4, -0.2) is 23.0 Å². The molecular formula is C11H12NO3. The number of rotatable bonds is 4. The topological polar surface area (TPSA) is 66.4 Å². The minimum Gasteiger partial charge on any atom is -0.480 e. The zero-order valence-corrected chi connectivity index (χ0v) is 8.14. The van der Waals surface area contributed by atoms with E-state index in [4.69, 9.17) is 5.11 Å². The molecule has 0 saturated carbocycles. The zero-order chi connectivity index (χ0) is 11.3. The van der Waals surface area contributed by atoms with Crippen LogP contribution in [0.4, 0.5) is 0 Å². The second-order valence-electron chi connectivity index (χ2n) is 3.15. The molecular weight excluding hydrogens is 194 g/mol. The Morgan fingerprint density at radius 3 is 2.40 bits per heavy atom. The van der Waals surface area contributed by atoms with Gasteiger partial charge in [-0.25, -0.2) is 4.79 Å².